The van der Waals surface area contributed by atoms with Crippen LogP contribution in [-0.4, -0.2) is 28.3 Å². The van der Waals surface area contributed by atoms with Gasteiger partial charge in [0.05, 0.1) is 18.2 Å². The van der Waals surface area contributed by atoms with Crippen molar-refractivity contribution in [3.63, 3.8) is 0 Å². The van der Waals surface area contributed by atoms with Crippen LogP contribution in [0.4, 0.5) is 0 Å². The predicted molar refractivity (Wildman–Crippen MR) is 107 cm³/mol. The predicted octanol–water partition coefficient (Wildman–Crippen LogP) is 3.06. The van der Waals surface area contributed by atoms with Gasteiger partial charge in [0.25, 0.3) is 5.91 Å². The quantitative estimate of drug-likeness (QED) is 0.591. The number of amides is 1. The van der Waals surface area contributed by atoms with Gasteiger partial charge in [0.1, 0.15) is 0 Å². The largest absolute Gasteiger partial charge is 0.455 e. The smallest absolute Gasteiger partial charge is 0.309 e. The summed E-state index contributed by atoms with van der Waals surface area (Å²) in [5.74, 6) is -0.713. The Labute approximate surface area is 165 Å². The first kappa shape index (κ1) is 19.9. The van der Waals surface area contributed by atoms with E-state index in [0.29, 0.717) is 19.5 Å². The zero-order valence-electron chi connectivity index (χ0n) is 16.5. The maximum absolute atomic E-state index is 12.1. The molecule has 6 nitrogen and oxygen atoms in total. The first-order valence-electron chi connectivity index (χ1n) is 9.69. The third kappa shape index (κ3) is 5.09. The minimum absolute atomic E-state index is 0.126. The Hall–Kier alpha value is -2.89. The third-order valence-corrected chi connectivity index (χ3v) is 5.12. The van der Waals surface area contributed by atoms with Crippen LogP contribution in [0.2, 0.25) is 0 Å². The third-order valence-electron chi connectivity index (χ3n) is 5.12. The van der Waals surface area contributed by atoms with E-state index in [9.17, 15) is 9.59 Å². The van der Waals surface area contributed by atoms with Gasteiger partial charge in [-0.15, -0.1) is 0 Å². The molecule has 148 valence electrons. The average molecular weight is 381 g/mol. The minimum Gasteiger partial charge on any atom is -0.455 e. The van der Waals surface area contributed by atoms with Gasteiger partial charge in [-0.2, -0.15) is 5.10 Å². The summed E-state index contributed by atoms with van der Waals surface area (Å²) in [5, 5.41) is 7.42. The maximum atomic E-state index is 12.1. The number of nitrogens with one attached hydrogen (secondary N) is 1. The molecule has 1 aliphatic carbocycles. The van der Waals surface area contributed by atoms with Gasteiger partial charge in [0.15, 0.2) is 6.61 Å². The molecule has 1 unspecified atom stereocenters. The highest BCUT2D eigenvalue weighted by atomic mass is 16.5. The van der Waals surface area contributed by atoms with Gasteiger partial charge in [-0.3, -0.25) is 14.3 Å². The van der Waals surface area contributed by atoms with Crippen LogP contribution < -0.4 is 5.32 Å². The molecule has 3 rings (SSSR count). The Balaban J connectivity index is 1.50. The fourth-order valence-electron chi connectivity index (χ4n) is 3.40. The van der Waals surface area contributed by atoms with Gasteiger partial charge in [-0.05, 0) is 38.7 Å². The fraction of sp³-hybridized carbons (Fsp3) is 0.409. The number of nitrogens with zero attached hydrogens (tertiary/aromatic N) is 2. The number of ether oxygens (including phenoxy) is 1. The van der Waals surface area contributed by atoms with Crippen molar-refractivity contribution in [3.8, 4) is 0 Å². The Bertz CT molecular complexity index is 855. The van der Waals surface area contributed by atoms with Gasteiger partial charge >= 0.3 is 5.97 Å². The Morgan fingerprint density at radius 2 is 2.00 bits per heavy atom. The number of aromatic nitrogens is 2. The molecule has 1 N–H and O–H groups in total. The Morgan fingerprint density at radius 1 is 1.21 bits per heavy atom. The van der Waals surface area contributed by atoms with E-state index in [1.54, 1.807) is 0 Å². The molecule has 0 fully saturated rings. The summed E-state index contributed by atoms with van der Waals surface area (Å²) in [7, 11) is 0. The lowest BCUT2D eigenvalue weighted by Crippen LogP contribution is -2.30. The number of allylic oxidation sites excluding steroid dienone is 2. The number of esters is 1. The Kier molecular flexibility index (Phi) is 6.63. The lowest BCUT2D eigenvalue weighted by molar-refractivity contribution is -0.152. The maximum Gasteiger partial charge on any atom is 0.309 e. The molecule has 1 aromatic heterocycles. The van der Waals surface area contributed by atoms with Crippen LogP contribution in [0.5, 0.6) is 0 Å². The molecule has 6 heteroatoms. The zero-order valence-corrected chi connectivity index (χ0v) is 16.5. The number of aryl methyl sites for hydroxylation is 1. The van der Waals surface area contributed by atoms with Crippen molar-refractivity contribution in [1.29, 1.82) is 0 Å². The molecule has 0 saturated carbocycles. The molecule has 1 heterocycles. The summed E-state index contributed by atoms with van der Waals surface area (Å²) in [5.41, 5.74) is 4.08. The van der Waals surface area contributed by atoms with Crippen LogP contribution in [0.25, 0.3) is 0 Å². The van der Waals surface area contributed by atoms with Crippen molar-refractivity contribution < 1.29 is 14.3 Å². The second kappa shape index (κ2) is 9.35. The van der Waals surface area contributed by atoms with Gasteiger partial charge in [0, 0.05) is 17.8 Å². The lowest BCUT2D eigenvalue weighted by atomic mass is 9.95. The number of benzene rings is 1. The zero-order chi connectivity index (χ0) is 19.9. The molecule has 1 aromatic carbocycles. The van der Waals surface area contributed by atoms with Gasteiger partial charge in [0.2, 0.25) is 0 Å². The monoisotopic (exact) mass is 381 g/mol. The van der Waals surface area contributed by atoms with Crippen LogP contribution in [0, 0.1) is 19.8 Å². The molecule has 0 spiro atoms. The molecule has 2 aromatic rings. The molecule has 0 radical (unpaired) electrons. The highest BCUT2D eigenvalue weighted by molar-refractivity contribution is 5.81. The van der Waals surface area contributed by atoms with Crippen molar-refractivity contribution in [2.24, 2.45) is 5.92 Å². The topological polar surface area (TPSA) is 73.2 Å². The van der Waals surface area contributed by atoms with Crippen LogP contribution in [0.1, 0.15) is 41.8 Å². The molecule has 1 amide bonds. The van der Waals surface area contributed by atoms with E-state index in [2.05, 4.69) is 28.6 Å². The van der Waals surface area contributed by atoms with E-state index in [-0.39, 0.29) is 24.4 Å². The highest BCUT2D eigenvalue weighted by Crippen LogP contribution is 2.19. The molecule has 0 saturated heterocycles. The van der Waals surface area contributed by atoms with Crippen LogP contribution in [-0.2, 0) is 27.4 Å². The lowest BCUT2D eigenvalue weighted by Gasteiger charge is -2.16. The van der Waals surface area contributed by atoms with Crippen LogP contribution in [0.15, 0.2) is 42.5 Å². The number of carbonyl (C=O) groups is 2. The average Bonchev–Trinajstić information content (AvgIpc) is 2.98. The first-order chi connectivity index (χ1) is 13.5. The summed E-state index contributed by atoms with van der Waals surface area (Å²) in [6.07, 6.45) is 6.43. The second-order valence-electron chi connectivity index (χ2n) is 7.16. The van der Waals surface area contributed by atoms with E-state index in [1.807, 2.05) is 42.8 Å². The van der Waals surface area contributed by atoms with Crippen molar-refractivity contribution in [1.82, 2.24) is 15.1 Å². The molecular weight excluding hydrogens is 354 g/mol. The van der Waals surface area contributed by atoms with Crippen molar-refractivity contribution >= 4 is 11.9 Å². The SMILES string of the molecule is Cc1nn(Cc2ccccc2)c(C)c1CNC(=O)COC(=O)C1CC=CCC1. The Morgan fingerprint density at radius 3 is 2.71 bits per heavy atom. The van der Waals surface area contributed by atoms with Crippen LogP contribution in [0.3, 0.4) is 0 Å². The van der Waals surface area contributed by atoms with E-state index in [0.717, 1.165) is 29.8 Å². The number of hydrogen-bond acceptors (Lipinski definition) is 4. The summed E-state index contributed by atoms with van der Waals surface area (Å²) in [4.78, 5) is 24.1. The second-order valence-corrected chi connectivity index (χ2v) is 7.16. The van der Waals surface area contributed by atoms with Gasteiger partial charge in [-0.25, -0.2) is 0 Å². The molecule has 1 atom stereocenters. The van der Waals surface area contributed by atoms with Crippen LogP contribution >= 0.6 is 0 Å². The number of carbonyl (C=O) groups excluding carboxylic acids is 2. The summed E-state index contributed by atoms with van der Waals surface area (Å²) in [6.45, 7) is 4.76. The summed E-state index contributed by atoms with van der Waals surface area (Å²) in [6, 6.07) is 10.1. The van der Waals surface area contributed by atoms with E-state index < -0.39 is 0 Å². The fourth-order valence-corrected chi connectivity index (χ4v) is 3.40. The van der Waals surface area contributed by atoms with Crippen molar-refractivity contribution in [2.75, 3.05) is 6.61 Å². The van der Waals surface area contributed by atoms with Crippen molar-refractivity contribution in [2.45, 2.75) is 46.2 Å². The minimum atomic E-state index is -0.297. The van der Waals surface area contributed by atoms with Crippen molar-refractivity contribution in [3.05, 3.63) is 65.0 Å². The van der Waals surface area contributed by atoms with E-state index >= 15 is 0 Å². The van der Waals surface area contributed by atoms with E-state index in [1.165, 1.54) is 5.56 Å². The number of rotatable bonds is 7. The number of hydrogen-bond donors (Lipinski definition) is 1. The summed E-state index contributed by atoms with van der Waals surface area (Å²) < 4.78 is 7.12. The standard InChI is InChI=1S/C22H27N3O3/c1-16-20(17(2)25(24-16)14-18-9-5-3-6-10-18)13-23-21(26)15-28-22(27)19-11-7-4-8-12-19/h3-7,9-10,19H,8,11-15H2,1-2H3,(H,23,26). The molecular formula is C22H27N3O3. The van der Waals surface area contributed by atoms with E-state index in [4.69, 9.17) is 4.74 Å². The highest BCUT2D eigenvalue weighted by Gasteiger charge is 2.21. The summed E-state index contributed by atoms with van der Waals surface area (Å²) >= 11 is 0. The van der Waals surface area contributed by atoms with Gasteiger partial charge in [-0.1, -0.05) is 42.5 Å². The molecule has 1 aliphatic rings. The normalized spacial score (nSPS) is 16.0. The van der Waals surface area contributed by atoms with Gasteiger partial charge < -0.3 is 10.1 Å². The molecule has 28 heavy (non-hydrogen) atoms. The first-order valence-corrected chi connectivity index (χ1v) is 9.69. The molecule has 0 aliphatic heterocycles. The molecule has 0 bridgehead atoms.